The van der Waals surface area contributed by atoms with E-state index in [2.05, 4.69) is 0 Å². The Morgan fingerprint density at radius 3 is 2.44 bits per heavy atom. The van der Waals surface area contributed by atoms with E-state index >= 15 is 0 Å². The summed E-state index contributed by atoms with van der Waals surface area (Å²) in [5.41, 5.74) is 0. The molecule has 0 aliphatic heterocycles. The largest absolute Gasteiger partial charge is 0.480 e. The minimum absolute atomic E-state index is 0.0408. The number of rotatable bonds is 6. The minimum atomic E-state index is -1.00. The monoisotopic (exact) mass is 253 g/mol. The lowest BCUT2D eigenvalue weighted by molar-refractivity contribution is -0.137. The fourth-order valence-electron chi connectivity index (χ4n) is 1.80. The van der Waals surface area contributed by atoms with Gasteiger partial charge < -0.3 is 14.9 Å². The van der Waals surface area contributed by atoms with Gasteiger partial charge in [0.05, 0.1) is 12.5 Å². The molecule has 0 bridgehead atoms. The summed E-state index contributed by atoms with van der Waals surface area (Å²) in [6.45, 7) is 3.80. The minimum Gasteiger partial charge on any atom is -0.480 e. The molecule has 0 unspecified atom stereocenters. The average molecular weight is 253 g/mol. The van der Waals surface area contributed by atoms with Crippen LogP contribution >= 0.6 is 0 Å². The third-order valence-corrected chi connectivity index (χ3v) is 2.87. The van der Waals surface area contributed by atoms with E-state index < -0.39 is 5.97 Å². The highest BCUT2D eigenvalue weighted by Gasteiger charge is 2.36. The number of amides is 2. The Balaban J connectivity index is 2.71. The molecule has 0 aromatic heterocycles. The molecule has 1 saturated carbocycles. The normalized spacial score (nSPS) is 14.1. The van der Waals surface area contributed by atoms with Crippen LogP contribution in [0, 0.1) is 11.3 Å². The Hall–Kier alpha value is -1.77. The van der Waals surface area contributed by atoms with Gasteiger partial charge in [-0.15, -0.1) is 0 Å². The van der Waals surface area contributed by atoms with Crippen LogP contribution in [-0.2, 0) is 4.79 Å². The number of aliphatic carboxylic acids is 1. The first-order valence-electron chi connectivity index (χ1n) is 6.13. The average Bonchev–Trinajstić information content (AvgIpc) is 3.09. The second-order valence-corrected chi connectivity index (χ2v) is 4.73. The number of hydrogen-bond donors (Lipinski definition) is 1. The van der Waals surface area contributed by atoms with Crippen LogP contribution in [0.3, 0.4) is 0 Å². The van der Waals surface area contributed by atoms with Gasteiger partial charge in [-0.1, -0.05) is 0 Å². The topological polar surface area (TPSA) is 84.6 Å². The summed E-state index contributed by atoms with van der Waals surface area (Å²) in [5, 5.41) is 17.4. The number of carbonyl (C=O) groups excluding carboxylic acids is 1. The highest BCUT2D eigenvalue weighted by Crippen LogP contribution is 2.28. The number of carboxylic acids is 1. The molecule has 1 fully saturated rings. The Kier molecular flexibility index (Phi) is 4.95. The predicted molar refractivity (Wildman–Crippen MR) is 64.8 cm³/mol. The highest BCUT2D eigenvalue weighted by atomic mass is 16.4. The smallest absolute Gasteiger partial charge is 0.323 e. The van der Waals surface area contributed by atoms with E-state index in [0.717, 1.165) is 12.8 Å². The number of hydrogen-bond acceptors (Lipinski definition) is 3. The van der Waals surface area contributed by atoms with Crippen molar-refractivity contribution >= 4 is 12.0 Å². The van der Waals surface area contributed by atoms with Gasteiger partial charge >= 0.3 is 12.0 Å². The van der Waals surface area contributed by atoms with Crippen molar-refractivity contribution in [2.45, 2.75) is 45.2 Å². The van der Waals surface area contributed by atoms with E-state index in [-0.39, 0.29) is 31.1 Å². The number of carbonyl (C=O) groups is 2. The summed E-state index contributed by atoms with van der Waals surface area (Å²) in [6, 6.07) is 1.74. The van der Waals surface area contributed by atoms with Gasteiger partial charge in [0.25, 0.3) is 0 Å². The molecular weight excluding hydrogens is 234 g/mol. The van der Waals surface area contributed by atoms with E-state index in [1.165, 1.54) is 4.90 Å². The lowest BCUT2D eigenvalue weighted by Gasteiger charge is -2.32. The second kappa shape index (κ2) is 6.24. The van der Waals surface area contributed by atoms with Crippen LogP contribution in [0.15, 0.2) is 0 Å². The van der Waals surface area contributed by atoms with Crippen LogP contribution in [0.25, 0.3) is 0 Å². The molecule has 0 radical (unpaired) electrons. The zero-order chi connectivity index (χ0) is 13.7. The standard InChI is InChI=1S/C12H19N3O3/c1-9(2)14(7-3-6-13)12(18)15(8-11(16)17)10-4-5-10/h9-10H,3-5,7-8H2,1-2H3,(H,16,17). The summed E-state index contributed by atoms with van der Waals surface area (Å²) in [7, 11) is 0. The van der Waals surface area contributed by atoms with Crippen molar-refractivity contribution in [1.82, 2.24) is 9.80 Å². The molecule has 0 saturated heterocycles. The number of nitrogens with zero attached hydrogens (tertiary/aromatic N) is 3. The van der Waals surface area contributed by atoms with Crippen LogP contribution in [-0.4, -0.2) is 52.1 Å². The molecule has 6 nitrogen and oxygen atoms in total. The Morgan fingerprint density at radius 1 is 1.44 bits per heavy atom. The van der Waals surface area contributed by atoms with Gasteiger partial charge in [0.15, 0.2) is 0 Å². The van der Waals surface area contributed by atoms with Crippen LogP contribution in [0.2, 0.25) is 0 Å². The van der Waals surface area contributed by atoms with Gasteiger partial charge in [-0.05, 0) is 26.7 Å². The molecule has 18 heavy (non-hydrogen) atoms. The first-order chi connectivity index (χ1) is 8.47. The Bertz CT molecular complexity index is 358. The van der Waals surface area contributed by atoms with Crippen molar-refractivity contribution in [3.63, 3.8) is 0 Å². The lowest BCUT2D eigenvalue weighted by Crippen LogP contribution is -2.49. The fraction of sp³-hybridized carbons (Fsp3) is 0.750. The summed E-state index contributed by atoms with van der Waals surface area (Å²) in [6.07, 6.45) is 1.99. The van der Waals surface area contributed by atoms with Gasteiger partial charge in [0, 0.05) is 18.6 Å². The van der Waals surface area contributed by atoms with E-state index in [1.54, 1.807) is 4.90 Å². The van der Waals surface area contributed by atoms with E-state index in [1.807, 2.05) is 19.9 Å². The summed E-state index contributed by atoms with van der Waals surface area (Å²) >= 11 is 0. The highest BCUT2D eigenvalue weighted by molar-refractivity contribution is 5.81. The number of nitriles is 1. The van der Waals surface area contributed by atoms with Crippen LogP contribution in [0.5, 0.6) is 0 Å². The Labute approximate surface area is 107 Å². The third-order valence-electron chi connectivity index (χ3n) is 2.87. The summed E-state index contributed by atoms with van der Waals surface area (Å²) in [5.74, 6) is -1.00. The molecule has 0 spiro atoms. The lowest BCUT2D eigenvalue weighted by atomic mass is 10.3. The molecule has 1 aliphatic rings. The predicted octanol–water partition coefficient (Wildman–Crippen LogP) is 1.28. The van der Waals surface area contributed by atoms with Crippen LogP contribution < -0.4 is 0 Å². The molecule has 100 valence electrons. The number of carboxylic acid groups (broad SMARTS) is 1. The molecule has 2 amide bonds. The molecule has 1 N–H and O–H groups in total. The molecule has 0 atom stereocenters. The molecule has 0 aromatic carbocycles. The molecule has 1 aliphatic carbocycles. The number of urea groups is 1. The second-order valence-electron chi connectivity index (χ2n) is 4.73. The third kappa shape index (κ3) is 3.91. The van der Waals surface area contributed by atoms with E-state index in [0.29, 0.717) is 6.54 Å². The zero-order valence-corrected chi connectivity index (χ0v) is 10.8. The van der Waals surface area contributed by atoms with Gasteiger partial charge in [0.1, 0.15) is 6.54 Å². The first kappa shape index (κ1) is 14.3. The van der Waals surface area contributed by atoms with E-state index in [4.69, 9.17) is 10.4 Å². The van der Waals surface area contributed by atoms with Gasteiger partial charge in [-0.25, -0.2) is 4.79 Å². The van der Waals surface area contributed by atoms with Gasteiger partial charge in [0.2, 0.25) is 0 Å². The van der Waals surface area contributed by atoms with E-state index in [9.17, 15) is 9.59 Å². The van der Waals surface area contributed by atoms with Gasteiger partial charge in [-0.3, -0.25) is 4.79 Å². The zero-order valence-electron chi connectivity index (χ0n) is 10.8. The molecular formula is C12H19N3O3. The maximum atomic E-state index is 12.3. The molecule has 0 heterocycles. The summed E-state index contributed by atoms with van der Waals surface area (Å²) < 4.78 is 0. The van der Waals surface area contributed by atoms with Crippen molar-refractivity contribution in [3.8, 4) is 6.07 Å². The van der Waals surface area contributed by atoms with Crippen molar-refractivity contribution in [2.24, 2.45) is 0 Å². The van der Waals surface area contributed by atoms with Gasteiger partial charge in [-0.2, -0.15) is 5.26 Å². The SMILES string of the molecule is CC(C)N(CCC#N)C(=O)N(CC(=O)O)C1CC1. The van der Waals surface area contributed by atoms with Crippen LogP contribution in [0.4, 0.5) is 4.79 Å². The summed E-state index contributed by atoms with van der Waals surface area (Å²) in [4.78, 5) is 26.0. The first-order valence-corrected chi connectivity index (χ1v) is 6.13. The Morgan fingerprint density at radius 2 is 2.06 bits per heavy atom. The molecule has 6 heteroatoms. The maximum absolute atomic E-state index is 12.3. The quantitative estimate of drug-likeness (QED) is 0.772. The fourth-order valence-corrected chi connectivity index (χ4v) is 1.80. The molecule has 0 aromatic rings. The van der Waals surface area contributed by atoms with Crippen molar-refractivity contribution in [3.05, 3.63) is 0 Å². The van der Waals surface area contributed by atoms with Crippen molar-refractivity contribution < 1.29 is 14.7 Å². The molecule has 1 rings (SSSR count). The van der Waals surface area contributed by atoms with Crippen LogP contribution in [0.1, 0.15) is 33.1 Å². The van der Waals surface area contributed by atoms with Crippen molar-refractivity contribution in [1.29, 1.82) is 5.26 Å². The van der Waals surface area contributed by atoms with Crippen molar-refractivity contribution in [2.75, 3.05) is 13.1 Å². The maximum Gasteiger partial charge on any atom is 0.323 e.